The molecule has 0 aliphatic heterocycles. The van der Waals surface area contributed by atoms with Gasteiger partial charge in [0.05, 0.1) is 30.1 Å². The van der Waals surface area contributed by atoms with Crippen molar-refractivity contribution >= 4 is 5.69 Å². The van der Waals surface area contributed by atoms with E-state index in [0.29, 0.717) is 12.1 Å². The summed E-state index contributed by atoms with van der Waals surface area (Å²) in [5.74, 6) is 0. The van der Waals surface area contributed by atoms with Crippen LogP contribution in [0.1, 0.15) is 18.1 Å². The standard InChI is InChI=1S/C15H16N4O/c1-3-18(2)14-8-15(20)19(17-10-14)11-13-6-4-5-12(7-13)9-16/h4-8,10H,3,11H2,1-2H3. The van der Waals surface area contributed by atoms with E-state index in [1.165, 1.54) is 4.68 Å². The van der Waals surface area contributed by atoms with E-state index in [-0.39, 0.29) is 5.56 Å². The fraction of sp³-hybridized carbons (Fsp3) is 0.267. The maximum atomic E-state index is 12.0. The predicted octanol–water partition coefficient (Wildman–Crippen LogP) is 1.62. The van der Waals surface area contributed by atoms with Gasteiger partial charge in [0, 0.05) is 19.7 Å². The molecule has 0 fully saturated rings. The van der Waals surface area contributed by atoms with Crippen LogP contribution in [0.4, 0.5) is 5.69 Å². The minimum Gasteiger partial charge on any atom is -0.373 e. The number of hydrogen-bond donors (Lipinski definition) is 0. The van der Waals surface area contributed by atoms with Crippen LogP contribution in [0.3, 0.4) is 0 Å². The number of rotatable bonds is 4. The molecular weight excluding hydrogens is 252 g/mol. The van der Waals surface area contributed by atoms with E-state index in [1.54, 1.807) is 30.5 Å². The second kappa shape index (κ2) is 6.02. The van der Waals surface area contributed by atoms with Gasteiger partial charge in [0.1, 0.15) is 0 Å². The summed E-state index contributed by atoms with van der Waals surface area (Å²) < 4.78 is 1.39. The van der Waals surface area contributed by atoms with Crippen molar-refractivity contribution < 1.29 is 0 Å². The first kappa shape index (κ1) is 13.8. The quantitative estimate of drug-likeness (QED) is 0.845. The van der Waals surface area contributed by atoms with Gasteiger partial charge in [-0.25, -0.2) is 4.68 Å². The molecule has 0 unspecified atom stereocenters. The normalized spacial score (nSPS) is 10.1. The summed E-state index contributed by atoms with van der Waals surface area (Å²) in [7, 11) is 1.91. The minimum absolute atomic E-state index is 0.148. The van der Waals surface area contributed by atoms with E-state index < -0.39 is 0 Å². The molecule has 0 amide bonds. The zero-order chi connectivity index (χ0) is 14.5. The SMILES string of the molecule is CCN(C)c1cnn(Cc2cccc(C#N)c2)c(=O)c1. The largest absolute Gasteiger partial charge is 0.373 e. The molecule has 0 radical (unpaired) electrons. The Morgan fingerprint density at radius 2 is 2.20 bits per heavy atom. The molecular formula is C15H16N4O. The van der Waals surface area contributed by atoms with Crippen LogP contribution in [0.25, 0.3) is 0 Å². The summed E-state index contributed by atoms with van der Waals surface area (Å²) >= 11 is 0. The third-order valence-corrected chi connectivity index (χ3v) is 3.16. The fourth-order valence-electron chi connectivity index (χ4n) is 1.85. The predicted molar refractivity (Wildman–Crippen MR) is 77.7 cm³/mol. The third-order valence-electron chi connectivity index (χ3n) is 3.16. The molecule has 0 atom stereocenters. The smallest absolute Gasteiger partial charge is 0.269 e. The second-order valence-electron chi connectivity index (χ2n) is 4.54. The lowest BCUT2D eigenvalue weighted by Gasteiger charge is -2.16. The Morgan fingerprint density at radius 1 is 1.40 bits per heavy atom. The molecule has 0 aliphatic carbocycles. The van der Waals surface area contributed by atoms with Gasteiger partial charge in [-0.3, -0.25) is 4.79 Å². The number of nitriles is 1. The number of nitrogens with zero attached hydrogens (tertiary/aromatic N) is 4. The molecule has 0 spiro atoms. The Morgan fingerprint density at radius 3 is 2.85 bits per heavy atom. The highest BCUT2D eigenvalue weighted by Crippen LogP contribution is 2.08. The van der Waals surface area contributed by atoms with E-state index >= 15 is 0 Å². The van der Waals surface area contributed by atoms with E-state index in [4.69, 9.17) is 5.26 Å². The topological polar surface area (TPSA) is 61.9 Å². The first-order valence-electron chi connectivity index (χ1n) is 6.41. The maximum Gasteiger partial charge on any atom is 0.269 e. The lowest BCUT2D eigenvalue weighted by atomic mass is 10.1. The zero-order valence-electron chi connectivity index (χ0n) is 11.6. The Bertz CT molecular complexity index is 700. The van der Waals surface area contributed by atoms with Crippen LogP contribution in [0, 0.1) is 11.3 Å². The number of anilines is 1. The molecule has 5 nitrogen and oxygen atoms in total. The average molecular weight is 268 g/mol. The minimum atomic E-state index is -0.148. The highest BCUT2D eigenvalue weighted by molar-refractivity contribution is 5.41. The van der Waals surface area contributed by atoms with Crippen LogP contribution in [0.5, 0.6) is 0 Å². The summed E-state index contributed by atoms with van der Waals surface area (Å²) in [5, 5.41) is 13.0. The molecule has 2 aromatic rings. The molecule has 20 heavy (non-hydrogen) atoms. The number of hydrogen-bond acceptors (Lipinski definition) is 4. The van der Waals surface area contributed by atoms with Crippen LogP contribution >= 0.6 is 0 Å². The molecule has 1 heterocycles. The van der Waals surface area contributed by atoms with Crippen molar-refractivity contribution in [3.8, 4) is 6.07 Å². The van der Waals surface area contributed by atoms with Crippen molar-refractivity contribution in [1.29, 1.82) is 5.26 Å². The number of benzene rings is 1. The van der Waals surface area contributed by atoms with E-state index in [2.05, 4.69) is 11.2 Å². The second-order valence-corrected chi connectivity index (χ2v) is 4.54. The van der Waals surface area contributed by atoms with Crippen LogP contribution in [0.2, 0.25) is 0 Å². The van der Waals surface area contributed by atoms with E-state index in [0.717, 1.165) is 17.8 Å². The lowest BCUT2D eigenvalue weighted by molar-refractivity contribution is 0.637. The fourth-order valence-corrected chi connectivity index (χ4v) is 1.85. The Kier molecular flexibility index (Phi) is 4.16. The summed E-state index contributed by atoms with van der Waals surface area (Å²) in [6, 6.07) is 10.8. The van der Waals surface area contributed by atoms with Gasteiger partial charge < -0.3 is 4.90 Å². The maximum absolute atomic E-state index is 12.0. The van der Waals surface area contributed by atoms with Gasteiger partial charge in [-0.2, -0.15) is 10.4 Å². The summed E-state index contributed by atoms with van der Waals surface area (Å²) in [6.45, 7) is 3.19. The average Bonchev–Trinajstić information content (AvgIpc) is 2.48. The summed E-state index contributed by atoms with van der Waals surface area (Å²) in [5.41, 5.74) is 2.12. The molecule has 0 aliphatic rings. The van der Waals surface area contributed by atoms with Crippen LogP contribution in [-0.4, -0.2) is 23.4 Å². The van der Waals surface area contributed by atoms with Crippen molar-refractivity contribution in [1.82, 2.24) is 9.78 Å². The Labute approximate surface area is 117 Å². The van der Waals surface area contributed by atoms with Gasteiger partial charge in [0.15, 0.2) is 0 Å². The highest BCUT2D eigenvalue weighted by Gasteiger charge is 2.04. The molecule has 0 N–H and O–H groups in total. The Balaban J connectivity index is 2.26. The molecule has 1 aromatic carbocycles. The van der Waals surface area contributed by atoms with Crippen LogP contribution in [-0.2, 0) is 6.54 Å². The zero-order valence-corrected chi connectivity index (χ0v) is 11.6. The third kappa shape index (κ3) is 3.04. The molecule has 2 rings (SSSR count). The van der Waals surface area contributed by atoms with E-state index in [1.807, 2.05) is 24.9 Å². The first-order chi connectivity index (χ1) is 9.63. The van der Waals surface area contributed by atoms with Gasteiger partial charge in [-0.1, -0.05) is 12.1 Å². The lowest BCUT2D eigenvalue weighted by Crippen LogP contribution is -2.26. The summed E-state index contributed by atoms with van der Waals surface area (Å²) in [6.07, 6.45) is 1.68. The molecule has 0 saturated carbocycles. The van der Waals surface area contributed by atoms with Gasteiger partial charge in [0.25, 0.3) is 5.56 Å². The summed E-state index contributed by atoms with van der Waals surface area (Å²) in [4.78, 5) is 14.0. The first-order valence-corrected chi connectivity index (χ1v) is 6.41. The molecule has 1 aromatic heterocycles. The van der Waals surface area contributed by atoms with Crippen molar-refractivity contribution in [3.05, 3.63) is 58.0 Å². The number of aromatic nitrogens is 2. The monoisotopic (exact) mass is 268 g/mol. The molecule has 5 heteroatoms. The van der Waals surface area contributed by atoms with Gasteiger partial charge >= 0.3 is 0 Å². The van der Waals surface area contributed by atoms with Crippen LogP contribution < -0.4 is 10.5 Å². The van der Waals surface area contributed by atoms with Crippen molar-refractivity contribution in [2.24, 2.45) is 0 Å². The Hall–Kier alpha value is -2.61. The van der Waals surface area contributed by atoms with Crippen molar-refractivity contribution in [2.75, 3.05) is 18.5 Å². The van der Waals surface area contributed by atoms with Gasteiger partial charge in [-0.15, -0.1) is 0 Å². The van der Waals surface area contributed by atoms with E-state index in [9.17, 15) is 4.79 Å². The molecule has 102 valence electrons. The van der Waals surface area contributed by atoms with Crippen molar-refractivity contribution in [3.63, 3.8) is 0 Å². The van der Waals surface area contributed by atoms with Gasteiger partial charge in [0.2, 0.25) is 0 Å². The molecule has 0 bridgehead atoms. The highest BCUT2D eigenvalue weighted by atomic mass is 16.1. The van der Waals surface area contributed by atoms with Crippen molar-refractivity contribution in [2.45, 2.75) is 13.5 Å². The molecule has 0 saturated heterocycles. The van der Waals surface area contributed by atoms with Gasteiger partial charge in [-0.05, 0) is 24.6 Å². The van der Waals surface area contributed by atoms with Crippen LogP contribution in [0.15, 0.2) is 41.3 Å².